The molecule has 7 heteroatoms. The molecule has 3 N–H and O–H groups in total. The standard InChI is InChI=1S/C7H10N4O2S/c1-2-11-4-3-9-5(6(11)12)13-7(14)10-8/h3-4H,2,8H2,1H3,(H,10,14). The summed E-state index contributed by atoms with van der Waals surface area (Å²) in [7, 11) is 0. The van der Waals surface area contributed by atoms with Crippen LogP contribution < -0.4 is 21.6 Å². The summed E-state index contributed by atoms with van der Waals surface area (Å²) >= 11 is 4.63. The van der Waals surface area contributed by atoms with E-state index in [1.54, 1.807) is 6.20 Å². The van der Waals surface area contributed by atoms with Crippen molar-refractivity contribution < 1.29 is 4.74 Å². The summed E-state index contributed by atoms with van der Waals surface area (Å²) < 4.78 is 6.33. The lowest BCUT2D eigenvalue weighted by Gasteiger charge is -2.05. The van der Waals surface area contributed by atoms with E-state index >= 15 is 0 Å². The molecule has 0 spiro atoms. The molecule has 14 heavy (non-hydrogen) atoms. The Kier molecular flexibility index (Phi) is 3.55. The zero-order chi connectivity index (χ0) is 10.6. The molecule has 0 amide bonds. The predicted octanol–water partition coefficient (Wildman–Crippen LogP) is -0.610. The fourth-order valence-corrected chi connectivity index (χ4v) is 0.942. The van der Waals surface area contributed by atoms with E-state index in [4.69, 9.17) is 10.6 Å². The molecule has 0 unspecified atom stereocenters. The topological polar surface area (TPSA) is 82.2 Å². The number of ether oxygens (including phenoxy) is 1. The van der Waals surface area contributed by atoms with Crippen molar-refractivity contribution >= 4 is 17.4 Å². The van der Waals surface area contributed by atoms with E-state index in [1.165, 1.54) is 10.8 Å². The summed E-state index contributed by atoms with van der Waals surface area (Å²) in [5.41, 5.74) is 1.76. The second-order valence-electron chi connectivity index (χ2n) is 2.36. The average molecular weight is 214 g/mol. The maximum atomic E-state index is 11.5. The minimum atomic E-state index is -0.340. The van der Waals surface area contributed by atoms with Crippen molar-refractivity contribution in [1.82, 2.24) is 15.0 Å². The highest BCUT2D eigenvalue weighted by Crippen LogP contribution is 1.96. The predicted molar refractivity (Wildman–Crippen MR) is 54.7 cm³/mol. The Morgan fingerprint density at radius 3 is 3.14 bits per heavy atom. The average Bonchev–Trinajstić information content (AvgIpc) is 2.21. The largest absolute Gasteiger partial charge is 0.406 e. The van der Waals surface area contributed by atoms with E-state index in [1.807, 2.05) is 6.92 Å². The summed E-state index contributed by atoms with van der Waals surface area (Å²) in [5.74, 6) is 4.90. The lowest BCUT2D eigenvalue weighted by atomic mass is 10.6. The quantitative estimate of drug-likeness (QED) is 0.388. The van der Waals surface area contributed by atoms with E-state index in [0.717, 1.165) is 0 Å². The molecule has 0 aromatic carbocycles. The molecule has 1 rings (SSSR count). The highest BCUT2D eigenvalue weighted by molar-refractivity contribution is 7.80. The van der Waals surface area contributed by atoms with Gasteiger partial charge >= 0.3 is 5.56 Å². The number of hydrogen-bond donors (Lipinski definition) is 2. The Bertz CT molecular complexity index is 390. The van der Waals surface area contributed by atoms with Gasteiger partial charge in [-0.05, 0) is 19.1 Å². The lowest BCUT2D eigenvalue weighted by molar-refractivity contribution is 0.492. The van der Waals surface area contributed by atoms with Gasteiger partial charge in [0.25, 0.3) is 11.1 Å². The molecule has 0 atom stereocenters. The van der Waals surface area contributed by atoms with Gasteiger partial charge in [-0.3, -0.25) is 10.2 Å². The number of hydrogen-bond acceptors (Lipinski definition) is 5. The van der Waals surface area contributed by atoms with Crippen LogP contribution in [0.2, 0.25) is 0 Å². The monoisotopic (exact) mass is 214 g/mol. The van der Waals surface area contributed by atoms with Gasteiger partial charge in [0.15, 0.2) is 0 Å². The van der Waals surface area contributed by atoms with Crippen molar-refractivity contribution in [3.8, 4) is 5.88 Å². The molecule has 1 aromatic rings. The molecule has 0 saturated heterocycles. The maximum Gasteiger partial charge on any atom is 0.313 e. The summed E-state index contributed by atoms with van der Waals surface area (Å²) in [6.45, 7) is 2.38. The number of nitrogens with one attached hydrogen (secondary N) is 1. The molecule has 1 aromatic heterocycles. The van der Waals surface area contributed by atoms with Crippen LogP contribution in [0.1, 0.15) is 6.92 Å². The van der Waals surface area contributed by atoms with Gasteiger partial charge in [-0.2, -0.15) is 0 Å². The molecular formula is C7H10N4O2S. The van der Waals surface area contributed by atoms with Gasteiger partial charge in [-0.1, -0.05) is 0 Å². The van der Waals surface area contributed by atoms with Crippen molar-refractivity contribution in [3.05, 3.63) is 22.7 Å². The van der Waals surface area contributed by atoms with Crippen LogP contribution in [0.4, 0.5) is 0 Å². The van der Waals surface area contributed by atoms with Gasteiger partial charge in [0.05, 0.1) is 0 Å². The molecule has 0 aliphatic carbocycles. The molecule has 0 saturated carbocycles. The van der Waals surface area contributed by atoms with Crippen LogP contribution in [0, 0.1) is 0 Å². The van der Waals surface area contributed by atoms with Crippen LogP contribution in [0.15, 0.2) is 17.2 Å². The van der Waals surface area contributed by atoms with Crippen molar-refractivity contribution in [2.75, 3.05) is 0 Å². The lowest BCUT2D eigenvalue weighted by Crippen LogP contribution is -2.35. The molecule has 0 aliphatic heterocycles. The number of nitrogens with two attached hydrogens (primary N) is 1. The number of thiocarbonyl (C=S) groups is 1. The fraction of sp³-hybridized carbons (Fsp3) is 0.286. The Morgan fingerprint density at radius 2 is 2.57 bits per heavy atom. The zero-order valence-corrected chi connectivity index (χ0v) is 8.37. The van der Waals surface area contributed by atoms with E-state index in [-0.39, 0.29) is 16.6 Å². The maximum absolute atomic E-state index is 11.5. The van der Waals surface area contributed by atoms with Crippen molar-refractivity contribution in [2.24, 2.45) is 5.84 Å². The third-order valence-electron chi connectivity index (χ3n) is 1.53. The Hall–Kier alpha value is -1.47. The van der Waals surface area contributed by atoms with Gasteiger partial charge in [-0.15, -0.1) is 0 Å². The van der Waals surface area contributed by atoms with Crippen LogP contribution >= 0.6 is 12.2 Å². The molecular weight excluding hydrogens is 204 g/mol. The van der Waals surface area contributed by atoms with E-state index < -0.39 is 0 Å². The molecule has 0 bridgehead atoms. The number of aryl methyl sites for hydroxylation is 1. The number of hydrazine groups is 1. The number of rotatable bonds is 2. The van der Waals surface area contributed by atoms with E-state index in [2.05, 4.69) is 22.6 Å². The first-order chi connectivity index (χ1) is 6.69. The summed E-state index contributed by atoms with van der Waals surface area (Å²) in [6.07, 6.45) is 3.02. The SMILES string of the molecule is CCn1ccnc(OC(=S)NN)c1=O. The van der Waals surface area contributed by atoms with Crippen LogP contribution in [0.3, 0.4) is 0 Å². The molecule has 1 heterocycles. The first-order valence-corrected chi connectivity index (χ1v) is 4.33. The second-order valence-corrected chi connectivity index (χ2v) is 2.73. The van der Waals surface area contributed by atoms with Crippen molar-refractivity contribution in [1.29, 1.82) is 0 Å². The summed E-state index contributed by atoms with van der Waals surface area (Å²) in [4.78, 5) is 15.2. The number of nitrogens with zero attached hydrogens (tertiary/aromatic N) is 2. The third-order valence-corrected chi connectivity index (χ3v) is 1.73. The Balaban J connectivity index is 2.98. The normalized spacial score (nSPS) is 9.57. The van der Waals surface area contributed by atoms with Gasteiger partial charge in [0, 0.05) is 18.9 Å². The minimum absolute atomic E-state index is 0.0858. The second kappa shape index (κ2) is 4.68. The molecule has 0 aliphatic rings. The van der Waals surface area contributed by atoms with Crippen molar-refractivity contribution in [2.45, 2.75) is 13.5 Å². The third kappa shape index (κ3) is 2.27. The first kappa shape index (κ1) is 10.6. The van der Waals surface area contributed by atoms with Crippen LogP contribution in [0.25, 0.3) is 0 Å². The van der Waals surface area contributed by atoms with Gasteiger partial charge in [0.1, 0.15) is 0 Å². The van der Waals surface area contributed by atoms with Crippen LogP contribution in [-0.2, 0) is 6.54 Å². The zero-order valence-electron chi connectivity index (χ0n) is 7.56. The summed E-state index contributed by atoms with van der Waals surface area (Å²) in [5, 5.41) is -0.0940. The van der Waals surface area contributed by atoms with Gasteiger partial charge in [-0.25, -0.2) is 10.8 Å². The molecule has 6 nitrogen and oxygen atoms in total. The van der Waals surface area contributed by atoms with Gasteiger partial charge < -0.3 is 9.30 Å². The molecule has 76 valence electrons. The number of aromatic nitrogens is 2. The smallest absolute Gasteiger partial charge is 0.313 e. The van der Waals surface area contributed by atoms with E-state index in [0.29, 0.717) is 6.54 Å². The van der Waals surface area contributed by atoms with Crippen molar-refractivity contribution in [3.63, 3.8) is 0 Å². The Labute approximate surface area is 85.7 Å². The highest BCUT2D eigenvalue weighted by Gasteiger charge is 2.06. The van der Waals surface area contributed by atoms with Crippen LogP contribution in [-0.4, -0.2) is 14.7 Å². The molecule has 0 fully saturated rings. The van der Waals surface area contributed by atoms with E-state index in [9.17, 15) is 4.79 Å². The van der Waals surface area contributed by atoms with Crippen LogP contribution in [0.5, 0.6) is 5.88 Å². The first-order valence-electron chi connectivity index (χ1n) is 3.93. The fourth-order valence-electron chi connectivity index (χ4n) is 0.864. The summed E-state index contributed by atoms with van der Waals surface area (Å²) in [6, 6.07) is 0. The highest BCUT2D eigenvalue weighted by atomic mass is 32.1. The minimum Gasteiger partial charge on any atom is -0.406 e. The Morgan fingerprint density at radius 1 is 1.86 bits per heavy atom. The van der Waals surface area contributed by atoms with Gasteiger partial charge in [0.2, 0.25) is 0 Å². The molecule has 0 radical (unpaired) electrons.